The summed E-state index contributed by atoms with van der Waals surface area (Å²) in [6.45, 7) is 8.07. The zero-order valence-electron chi connectivity index (χ0n) is 14.2. The van der Waals surface area contributed by atoms with Crippen molar-refractivity contribution in [2.45, 2.75) is 33.2 Å². The summed E-state index contributed by atoms with van der Waals surface area (Å²) in [5.74, 6) is 0.978. The number of hydrogen-bond acceptors (Lipinski definition) is 5. The molecule has 2 rings (SSSR count). The van der Waals surface area contributed by atoms with E-state index in [1.165, 1.54) is 0 Å². The van der Waals surface area contributed by atoms with Crippen molar-refractivity contribution in [3.8, 4) is 0 Å². The molecule has 1 aromatic heterocycles. The number of amides is 1. The average molecular weight is 320 g/mol. The first-order valence-electron chi connectivity index (χ1n) is 8.41. The van der Waals surface area contributed by atoms with Gasteiger partial charge in [-0.3, -0.25) is 4.79 Å². The lowest BCUT2D eigenvalue weighted by Crippen LogP contribution is -2.45. The summed E-state index contributed by atoms with van der Waals surface area (Å²) in [4.78, 5) is 19.1. The van der Waals surface area contributed by atoms with E-state index in [4.69, 9.17) is 10.5 Å². The number of morpholine rings is 1. The summed E-state index contributed by atoms with van der Waals surface area (Å²) in [5.41, 5.74) is 6.42. The number of pyridine rings is 1. The van der Waals surface area contributed by atoms with Crippen molar-refractivity contribution in [2.75, 3.05) is 37.7 Å². The third kappa shape index (κ3) is 4.20. The molecule has 1 aliphatic rings. The van der Waals surface area contributed by atoms with Gasteiger partial charge in [0, 0.05) is 32.4 Å². The Morgan fingerprint density at radius 1 is 1.39 bits per heavy atom. The Labute approximate surface area is 138 Å². The molecular weight excluding hydrogens is 292 g/mol. The summed E-state index contributed by atoms with van der Waals surface area (Å²) in [7, 11) is 0. The Kier molecular flexibility index (Phi) is 6.36. The standard InChI is InChI=1S/C17H28N4O2/c1-3-17(4-2,13-18)16(22)20-12-14-5-6-19-15(11-14)21-7-9-23-10-8-21/h5-6,11H,3-4,7-10,12-13,18H2,1-2H3,(H,20,22). The second-order valence-electron chi connectivity index (χ2n) is 6.00. The minimum absolute atomic E-state index is 0.0368. The van der Waals surface area contributed by atoms with E-state index in [0.29, 0.717) is 13.1 Å². The number of nitrogens with one attached hydrogen (secondary N) is 1. The lowest BCUT2D eigenvalue weighted by molar-refractivity contribution is -0.131. The smallest absolute Gasteiger partial charge is 0.227 e. The van der Waals surface area contributed by atoms with Crippen LogP contribution in [0, 0.1) is 5.41 Å². The molecule has 2 heterocycles. The fraction of sp³-hybridized carbons (Fsp3) is 0.647. The van der Waals surface area contributed by atoms with Gasteiger partial charge in [-0.1, -0.05) is 13.8 Å². The molecule has 1 aliphatic heterocycles. The van der Waals surface area contributed by atoms with E-state index in [1.807, 2.05) is 26.0 Å². The number of rotatable bonds is 7. The molecule has 0 aromatic carbocycles. The molecule has 23 heavy (non-hydrogen) atoms. The Morgan fingerprint density at radius 2 is 2.09 bits per heavy atom. The molecule has 0 atom stereocenters. The van der Waals surface area contributed by atoms with Crippen LogP contribution in [0.25, 0.3) is 0 Å². The van der Waals surface area contributed by atoms with Gasteiger partial charge in [-0.2, -0.15) is 0 Å². The van der Waals surface area contributed by atoms with Gasteiger partial charge in [0.15, 0.2) is 0 Å². The molecule has 0 radical (unpaired) electrons. The SMILES string of the molecule is CCC(CC)(CN)C(=O)NCc1ccnc(N2CCOCC2)c1. The van der Waals surface area contributed by atoms with Gasteiger partial charge in [0.25, 0.3) is 0 Å². The second-order valence-corrected chi connectivity index (χ2v) is 6.00. The number of carbonyl (C=O) groups is 1. The maximum absolute atomic E-state index is 12.5. The summed E-state index contributed by atoms with van der Waals surface area (Å²) < 4.78 is 5.37. The summed E-state index contributed by atoms with van der Waals surface area (Å²) >= 11 is 0. The van der Waals surface area contributed by atoms with Crippen molar-refractivity contribution in [3.63, 3.8) is 0 Å². The highest BCUT2D eigenvalue weighted by molar-refractivity contribution is 5.82. The molecule has 3 N–H and O–H groups in total. The minimum Gasteiger partial charge on any atom is -0.378 e. The lowest BCUT2D eigenvalue weighted by Gasteiger charge is -2.29. The number of aromatic nitrogens is 1. The van der Waals surface area contributed by atoms with E-state index in [0.717, 1.165) is 50.5 Å². The largest absolute Gasteiger partial charge is 0.378 e. The molecule has 1 amide bonds. The fourth-order valence-corrected chi connectivity index (χ4v) is 2.86. The van der Waals surface area contributed by atoms with Crippen LogP contribution in [0.1, 0.15) is 32.3 Å². The Hall–Kier alpha value is -1.66. The molecule has 1 saturated heterocycles. The maximum Gasteiger partial charge on any atom is 0.227 e. The van der Waals surface area contributed by atoms with Crippen molar-refractivity contribution < 1.29 is 9.53 Å². The second kappa shape index (κ2) is 8.26. The van der Waals surface area contributed by atoms with Crippen LogP contribution in [-0.4, -0.2) is 43.7 Å². The van der Waals surface area contributed by atoms with Crippen LogP contribution in [-0.2, 0) is 16.1 Å². The maximum atomic E-state index is 12.5. The molecule has 1 aromatic rings. The van der Waals surface area contributed by atoms with Gasteiger partial charge in [-0.05, 0) is 30.5 Å². The highest BCUT2D eigenvalue weighted by atomic mass is 16.5. The van der Waals surface area contributed by atoms with Crippen molar-refractivity contribution in [3.05, 3.63) is 23.9 Å². The Balaban J connectivity index is 1.99. The fourth-order valence-electron chi connectivity index (χ4n) is 2.86. The van der Waals surface area contributed by atoms with Gasteiger partial charge < -0.3 is 20.7 Å². The zero-order chi connectivity index (χ0) is 16.7. The van der Waals surface area contributed by atoms with E-state index in [1.54, 1.807) is 6.20 Å². The molecule has 0 unspecified atom stereocenters. The zero-order valence-corrected chi connectivity index (χ0v) is 14.2. The third-order valence-electron chi connectivity index (χ3n) is 4.82. The highest BCUT2D eigenvalue weighted by Crippen LogP contribution is 2.25. The topological polar surface area (TPSA) is 80.5 Å². The molecule has 128 valence electrons. The number of nitrogens with zero attached hydrogens (tertiary/aromatic N) is 2. The van der Waals surface area contributed by atoms with Crippen LogP contribution in [0.3, 0.4) is 0 Å². The first kappa shape index (κ1) is 17.7. The first-order chi connectivity index (χ1) is 11.1. The average Bonchev–Trinajstić information content (AvgIpc) is 2.63. The predicted molar refractivity (Wildman–Crippen MR) is 91.2 cm³/mol. The molecular formula is C17H28N4O2. The minimum atomic E-state index is -0.458. The van der Waals surface area contributed by atoms with Crippen molar-refractivity contribution in [1.29, 1.82) is 0 Å². The van der Waals surface area contributed by atoms with Gasteiger partial charge in [0.1, 0.15) is 5.82 Å². The lowest BCUT2D eigenvalue weighted by atomic mass is 9.81. The van der Waals surface area contributed by atoms with Crippen LogP contribution in [0.2, 0.25) is 0 Å². The summed E-state index contributed by atoms with van der Waals surface area (Å²) in [6, 6.07) is 3.97. The number of nitrogens with two attached hydrogens (primary N) is 1. The molecule has 0 spiro atoms. The first-order valence-corrected chi connectivity index (χ1v) is 8.41. The van der Waals surface area contributed by atoms with Gasteiger partial charge >= 0.3 is 0 Å². The molecule has 0 saturated carbocycles. The van der Waals surface area contributed by atoms with Crippen LogP contribution < -0.4 is 16.0 Å². The van der Waals surface area contributed by atoms with E-state index < -0.39 is 5.41 Å². The van der Waals surface area contributed by atoms with Gasteiger partial charge in [0.05, 0.1) is 18.6 Å². The predicted octanol–water partition coefficient (Wildman–Crippen LogP) is 1.30. The summed E-state index contributed by atoms with van der Waals surface area (Å²) in [6.07, 6.45) is 3.30. The quantitative estimate of drug-likeness (QED) is 0.791. The Morgan fingerprint density at radius 3 is 2.70 bits per heavy atom. The Bertz CT molecular complexity index is 503. The van der Waals surface area contributed by atoms with Gasteiger partial charge in [0.2, 0.25) is 5.91 Å². The normalized spacial score (nSPS) is 15.5. The molecule has 6 nitrogen and oxygen atoms in total. The number of anilines is 1. The number of ether oxygens (including phenoxy) is 1. The molecule has 0 aliphatic carbocycles. The van der Waals surface area contributed by atoms with Crippen molar-refractivity contribution >= 4 is 11.7 Å². The van der Waals surface area contributed by atoms with Gasteiger partial charge in [-0.15, -0.1) is 0 Å². The van der Waals surface area contributed by atoms with Crippen molar-refractivity contribution in [2.24, 2.45) is 11.1 Å². The number of carbonyl (C=O) groups excluding carboxylic acids is 1. The van der Waals surface area contributed by atoms with Crippen LogP contribution in [0.15, 0.2) is 18.3 Å². The van der Waals surface area contributed by atoms with Crippen LogP contribution in [0.5, 0.6) is 0 Å². The van der Waals surface area contributed by atoms with Crippen molar-refractivity contribution in [1.82, 2.24) is 10.3 Å². The third-order valence-corrected chi connectivity index (χ3v) is 4.82. The highest BCUT2D eigenvalue weighted by Gasteiger charge is 2.32. The number of hydrogen-bond donors (Lipinski definition) is 2. The van der Waals surface area contributed by atoms with Crippen LogP contribution >= 0.6 is 0 Å². The summed E-state index contributed by atoms with van der Waals surface area (Å²) in [5, 5.41) is 3.03. The van der Waals surface area contributed by atoms with E-state index in [-0.39, 0.29) is 5.91 Å². The molecule has 6 heteroatoms. The van der Waals surface area contributed by atoms with E-state index in [9.17, 15) is 4.79 Å². The van der Waals surface area contributed by atoms with E-state index >= 15 is 0 Å². The molecule has 0 bridgehead atoms. The van der Waals surface area contributed by atoms with Gasteiger partial charge in [-0.25, -0.2) is 4.98 Å². The van der Waals surface area contributed by atoms with E-state index in [2.05, 4.69) is 15.2 Å². The molecule has 1 fully saturated rings. The monoisotopic (exact) mass is 320 g/mol. The van der Waals surface area contributed by atoms with Crippen LogP contribution in [0.4, 0.5) is 5.82 Å².